The Labute approximate surface area is 228 Å². The summed E-state index contributed by atoms with van der Waals surface area (Å²) in [5.41, 5.74) is 2.16. The van der Waals surface area contributed by atoms with E-state index in [1.165, 1.54) is 0 Å². The minimum absolute atomic E-state index is 0.00816. The lowest BCUT2D eigenvalue weighted by Gasteiger charge is -2.21. The van der Waals surface area contributed by atoms with Gasteiger partial charge >= 0.3 is 5.97 Å². The minimum Gasteiger partial charge on any atom is -0.464 e. The maximum atomic E-state index is 13.2. The van der Waals surface area contributed by atoms with Crippen LogP contribution in [0.5, 0.6) is 11.5 Å². The van der Waals surface area contributed by atoms with Gasteiger partial charge in [-0.3, -0.25) is 4.79 Å². The van der Waals surface area contributed by atoms with Gasteiger partial charge in [0.1, 0.15) is 0 Å². The molecule has 0 aliphatic carbocycles. The van der Waals surface area contributed by atoms with Gasteiger partial charge < -0.3 is 33.2 Å². The second-order valence-electron chi connectivity index (χ2n) is 8.03. The van der Waals surface area contributed by atoms with Crippen LogP contribution in [0.1, 0.15) is 28.2 Å². The highest BCUT2D eigenvalue weighted by molar-refractivity contribution is 6.30. The number of alkyl halides is 1. The first-order valence-corrected chi connectivity index (χ1v) is 12.5. The van der Waals surface area contributed by atoms with Crippen molar-refractivity contribution in [1.29, 1.82) is 0 Å². The zero-order valence-electron chi connectivity index (χ0n) is 21.5. The van der Waals surface area contributed by atoms with Crippen LogP contribution in [0.15, 0.2) is 78.9 Å². The van der Waals surface area contributed by atoms with Gasteiger partial charge in [0, 0.05) is 14.2 Å². The van der Waals surface area contributed by atoms with E-state index < -0.39 is 17.5 Å². The summed E-state index contributed by atoms with van der Waals surface area (Å²) >= 11 is 6.61. The average molecular weight is 545 g/mol. The number of rotatable bonds is 17. The molecule has 1 unspecified atom stereocenters. The number of halogens is 1. The second kappa shape index (κ2) is 16.7. The van der Waals surface area contributed by atoms with Crippen molar-refractivity contribution in [3.63, 3.8) is 0 Å². The van der Waals surface area contributed by atoms with Crippen molar-refractivity contribution in [2.24, 2.45) is 0 Å². The Bertz CT molecular complexity index is 1040. The Balaban J connectivity index is 1.74. The van der Waals surface area contributed by atoms with Crippen molar-refractivity contribution >= 4 is 17.6 Å². The molecule has 3 rings (SSSR count). The van der Waals surface area contributed by atoms with Gasteiger partial charge in [-0.05, 0) is 28.8 Å². The molecular formula is C29H33ClO8. The fourth-order valence-electron chi connectivity index (χ4n) is 3.42. The van der Waals surface area contributed by atoms with Gasteiger partial charge in [0.2, 0.25) is 0 Å². The van der Waals surface area contributed by atoms with Crippen molar-refractivity contribution in [2.75, 3.05) is 54.2 Å². The molecule has 0 amide bonds. The van der Waals surface area contributed by atoms with E-state index in [-0.39, 0.29) is 13.6 Å². The lowest BCUT2D eigenvalue weighted by Crippen LogP contribution is -2.17. The molecule has 0 heterocycles. The van der Waals surface area contributed by atoms with E-state index in [0.717, 1.165) is 11.1 Å². The van der Waals surface area contributed by atoms with E-state index >= 15 is 0 Å². The summed E-state index contributed by atoms with van der Waals surface area (Å²) in [5.74, 6) is 0.157. The van der Waals surface area contributed by atoms with E-state index in [4.69, 9.17) is 44.8 Å². The van der Waals surface area contributed by atoms with Gasteiger partial charge in [-0.1, -0.05) is 66.7 Å². The molecule has 0 spiro atoms. The number of esters is 1. The summed E-state index contributed by atoms with van der Waals surface area (Å²) in [4.78, 5) is 13.2. The Morgan fingerprint density at radius 2 is 1.21 bits per heavy atom. The van der Waals surface area contributed by atoms with Crippen LogP contribution >= 0.6 is 11.6 Å². The van der Waals surface area contributed by atoms with Gasteiger partial charge in [0.15, 0.2) is 36.6 Å². The standard InChI is InChI=1S/C29H33ClO8/c1-32-15-17-34-20-36-25-14-13-24(19-26(25)37-21-35-18-16-33-2)27(30)29(31)38-28(22-9-5-3-6-10-22)23-11-7-4-8-12-23/h3-14,19,27-28H,15-18,20-21H2,1-2H3. The minimum atomic E-state index is -1.09. The molecule has 0 bridgehead atoms. The molecule has 38 heavy (non-hydrogen) atoms. The fraction of sp³-hybridized carbons (Fsp3) is 0.345. The third-order valence-electron chi connectivity index (χ3n) is 5.37. The fourth-order valence-corrected chi connectivity index (χ4v) is 3.61. The molecule has 204 valence electrons. The third-order valence-corrected chi connectivity index (χ3v) is 5.80. The predicted octanol–water partition coefficient (Wildman–Crippen LogP) is 5.30. The van der Waals surface area contributed by atoms with Crippen molar-refractivity contribution in [3.05, 3.63) is 95.6 Å². The van der Waals surface area contributed by atoms with Crippen LogP contribution in [0.2, 0.25) is 0 Å². The number of hydrogen-bond donors (Lipinski definition) is 0. The molecule has 0 saturated heterocycles. The molecule has 0 N–H and O–H groups in total. The summed E-state index contributed by atoms with van der Waals surface area (Å²) in [6, 6.07) is 24.0. The normalized spacial score (nSPS) is 11.8. The Morgan fingerprint density at radius 3 is 1.74 bits per heavy atom. The highest BCUT2D eigenvalue weighted by Gasteiger charge is 2.26. The Hall–Kier alpha value is -3.14. The van der Waals surface area contributed by atoms with Crippen LogP contribution in [-0.4, -0.2) is 60.2 Å². The first kappa shape index (κ1) is 29.4. The highest BCUT2D eigenvalue weighted by atomic mass is 35.5. The average Bonchev–Trinajstić information content (AvgIpc) is 2.96. The van der Waals surface area contributed by atoms with Gasteiger partial charge in [-0.2, -0.15) is 0 Å². The second-order valence-corrected chi connectivity index (χ2v) is 8.47. The summed E-state index contributed by atoms with van der Waals surface area (Å²) in [6.07, 6.45) is -0.608. The number of ether oxygens (including phenoxy) is 7. The molecule has 0 radical (unpaired) electrons. The first-order valence-electron chi connectivity index (χ1n) is 12.1. The largest absolute Gasteiger partial charge is 0.464 e. The van der Waals surface area contributed by atoms with Crippen molar-refractivity contribution in [3.8, 4) is 11.5 Å². The van der Waals surface area contributed by atoms with E-state index in [9.17, 15) is 4.79 Å². The summed E-state index contributed by atoms with van der Waals surface area (Å²) in [7, 11) is 3.18. The lowest BCUT2D eigenvalue weighted by molar-refractivity contribution is -0.147. The van der Waals surface area contributed by atoms with Gasteiger partial charge in [0.25, 0.3) is 0 Å². The molecule has 0 aromatic heterocycles. The molecule has 9 heteroatoms. The van der Waals surface area contributed by atoms with E-state index in [1.807, 2.05) is 60.7 Å². The quantitative estimate of drug-likeness (QED) is 0.0980. The Morgan fingerprint density at radius 1 is 0.684 bits per heavy atom. The summed E-state index contributed by atoms with van der Waals surface area (Å²) < 4.78 is 38.1. The Kier molecular flexibility index (Phi) is 12.9. The molecule has 0 aliphatic heterocycles. The van der Waals surface area contributed by atoms with Gasteiger partial charge in [-0.25, -0.2) is 0 Å². The zero-order valence-corrected chi connectivity index (χ0v) is 22.3. The van der Waals surface area contributed by atoms with Gasteiger partial charge in [-0.15, -0.1) is 11.6 Å². The highest BCUT2D eigenvalue weighted by Crippen LogP contribution is 2.35. The van der Waals surface area contributed by atoms with Crippen LogP contribution in [0.25, 0.3) is 0 Å². The van der Waals surface area contributed by atoms with Crippen LogP contribution in [0.3, 0.4) is 0 Å². The van der Waals surface area contributed by atoms with Crippen LogP contribution in [0, 0.1) is 0 Å². The van der Waals surface area contributed by atoms with Crippen molar-refractivity contribution in [1.82, 2.24) is 0 Å². The zero-order chi connectivity index (χ0) is 27.0. The SMILES string of the molecule is COCCOCOc1ccc(C(Cl)C(=O)OC(c2ccccc2)c2ccccc2)cc1OCOCCOC. The monoisotopic (exact) mass is 544 g/mol. The number of carbonyl (C=O) groups is 1. The maximum absolute atomic E-state index is 13.2. The van der Waals surface area contributed by atoms with E-state index in [2.05, 4.69) is 0 Å². The molecule has 0 saturated carbocycles. The molecule has 3 aromatic carbocycles. The number of hydrogen-bond acceptors (Lipinski definition) is 8. The third kappa shape index (κ3) is 9.31. The molecule has 3 aromatic rings. The molecule has 1 atom stereocenters. The van der Waals surface area contributed by atoms with Crippen LogP contribution in [0.4, 0.5) is 0 Å². The molecule has 0 fully saturated rings. The number of carbonyl (C=O) groups excluding carboxylic acids is 1. The first-order chi connectivity index (χ1) is 18.6. The maximum Gasteiger partial charge on any atom is 0.329 e. The summed E-state index contributed by atoms with van der Waals surface area (Å²) in [5, 5.41) is -1.09. The predicted molar refractivity (Wildman–Crippen MR) is 143 cm³/mol. The summed E-state index contributed by atoms with van der Waals surface area (Å²) in [6.45, 7) is 1.56. The molecule has 8 nitrogen and oxygen atoms in total. The van der Waals surface area contributed by atoms with Gasteiger partial charge in [0.05, 0.1) is 26.4 Å². The van der Waals surface area contributed by atoms with Crippen molar-refractivity contribution in [2.45, 2.75) is 11.5 Å². The smallest absolute Gasteiger partial charge is 0.329 e. The molecular weight excluding hydrogens is 512 g/mol. The topological polar surface area (TPSA) is 81.7 Å². The van der Waals surface area contributed by atoms with Crippen molar-refractivity contribution < 1.29 is 38.0 Å². The van der Waals surface area contributed by atoms with E-state index in [0.29, 0.717) is 43.5 Å². The molecule has 0 aliphatic rings. The number of benzene rings is 3. The van der Waals surface area contributed by atoms with E-state index in [1.54, 1.807) is 32.4 Å². The van der Waals surface area contributed by atoms with Crippen LogP contribution < -0.4 is 9.47 Å². The van der Waals surface area contributed by atoms with Crippen LogP contribution in [-0.2, 0) is 28.5 Å². The number of methoxy groups -OCH3 is 2. The lowest BCUT2D eigenvalue weighted by atomic mass is 10.0.